The lowest BCUT2D eigenvalue weighted by atomic mass is 9.95. The van der Waals surface area contributed by atoms with E-state index in [4.69, 9.17) is 4.74 Å². The predicted molar refractivity (Wildman–Crippen MR) is 87.1 cm³/mol. The number of halogens is 3. The Bertz CT molecular complexity index is 773. The highest BCUT2D eigenvalue weighted by Crippen LogP contribution is 2.31. The Morgan fingerprint density at radius 1 is 1.20 bits per heavy atom. The lowest BCUT2D eigenvalue weighted by Crippen LogP contribution is -2.38. The number of hydrogen-bond acceptors (Lipinski definition) is 2. The van der Waals surface area contributed by atoms with Gasteiger partial charge in [0.05, 0.1) is 17.5 Å². The van der Waals surface area contributed by atoms with Gasteiger partial charge in [0.2, 0.25) is 5.91 Å². The molecule has 0 bridgehead atoms. The van der Waals surface area contributed by atoms with E-state index in [0.29, 0.717) is 12.0 Å². The Hall–Kier alpha value is -2.50. The van der Waals surface area contributed by atoms with Crippen molar-refractivity contribution in [2.24, 2.45) is 5.92 Å². The summed E-state index contributed by atoms with van der Waals surface area (Å²) in [5.74, 6) is 0.194. The summed E-state index contributed by atoms with van der Waals surface area (Å²) in [5.41, 5.74) is 0.655. The second-order valence-electron chi connectivity index (χ2n) is 6.17. The van der Waals surface area contributed by atoms with E-state index in [2.05, 4.69) is 5.32 Å². The molecule has 0 aliphatic carbocycles. The first kappa shape index (κ1) is 17.3. The standard InChI is InChI=1S/C19H18F3NO2/c1-12(13-6-4-7-16(10-13)19(20,21)22)23-18(24)15-9-14-5-2-3-8-17(14)25-11-15/h2-8,10,12,15H,9,11H2,1H3,(H,23,24). The lowest BCUT2D eigenvalue weighted by Gasteiger charge is -2.26. The summed E-state index contributed by atoms with van der Waals surface area (Å²) in [6, 6.07) is 12.0. The van der Waals surface area contributed by atoms with Gasteiger partial charge in [-0.2, -0.15) is 13.2 Å². The molecule has 0 spiro atoms. The lowest BCUT2D eigenvalue weighted by molar-refractivity contribution is -0.137. The minimum atomic E-state index is -4.40. The largest absolute Gasteiger partial charge is 0.492 e. The van der Waals surface area contributed by atoms with Gasteiger partial charge in [-0.15, -0.1) is 0 Å². The van der Waals surface area contributed by atoms with E-state index < -0.39 is 17.8 Å². The maximum atomic E-state index is 12.8. The number of alkyl halides is 3. The second-order valence-corrected chi connectivity index (χ2v) is 6.17. The van der Waals surface area contributed by atoms with Crippen molar-refractivity contribution in [3.63, 3.8) is 0 Å². The third-order valence-electron chi connectivity index (χ3n) is 4.32. The third kappa shape index (κ3) is 3.95. The average molecular weight is 349 g/mol. The highest BCUT2D eigenvalue weighted by atomic mass is 19.4. The quantitative estimate of drug-likeness (QED) is 0.905. The molecule has 0 fully saturated rings. The van der Waals surface area contributed by atoms with Gasteiger partial charge >= 0.3 is 6.18 Å². The molecular formula is C19H18F3NO2. The molecule has 0 saturated heterocycles. The number of nitrogens with one attached hydrogen (secondary N) is 1. The zero-order chi connectivity index (χ0) is 18.0. The highest BCUT2D eigenvalue weighted by Gasteiger charge is 2.31. The van der Waals surface area contributed by atoms with Crippen molar-refractivity contribution in [3.8, 4) is 5.75 Å². The number of benzene rings is 2. The summed E-state index contributed by atoms with van der Waals surface area (Å²) in [4.78, 5) is 12.5. The van der Waals surface area contributed by atoms with Gasteiger partial charge in [0.1, 0.15) is 12.4 Å². The fourth-order valence-electron chi connectivity index (χ4n) is 2.90. The Labute approximate surface area is 143 Å². The number of rotatable bonds is 3. The van der Waals surface area contributed by atoms with Crippen molar-refractivity contribution in [1.29, 1.82) is 0 Å². The van der Waals surface area contributed by atoms with Crippen LogP contribution in [0.1, 0.15) is 29.7 Å². The van der Waals surface area contributed by atoms with Crippen molar-refractivity contribution in [2.75, 3.05) is 6.61 Å². The minimum absolute atomic E-state index is 0.223. The Kier molecular flexibility index (Phi) is 4.70. The van der Waals surface area contributed by atoms with Gasteiger partial charge in [-0.3, -0.25) is 4.79 Å². The highest BCUT2D eigenvalue weighted by molar-refractivity contribution is 5.80. The molecule has 1 amide bonds. The van der Waals surface area contributed by atoms with Crippen molar-refractivity contribution < 1.29 is 22.7 Å². The average Bonchev–Trinajstić information content (AvgIpc) is 2.60. The van der Waals surface area contributed by atoms with Crippen molar-refractivity contribution in [3.05, 3.63) is 65.2 Å². The SMILES string of the molecule is CC(NC(=O)C1COc2ccccc2C1)c1cccc(C(F)(F)F)c1. The summed E-state index contributed by atoms with van der Waals surface area (Å²) in [5, 5.41) is 2.79. The van der Waals surface area contributed by atoms with Crippen molar-refractivity contribution in [1.82, 2.24) is 5.32 Å². The van der Waals surface area contributed by atoms with Crippen LogP contribution in [0, 0.1) is 5.92 Å². The molecule has 0 radical (unpaired) electrons. The molecule has 1 N–H and O–H groups in total. The van der Waals surface area contributed by atoms with Crippen LogP contribution in [-0.4, -0.2) is 12.5 Å². The van der Waals surface area contributed by atoms with Crippen molar-refractivity contribution >= 4 is 5.91 Å². The van der Waals surface area contributed by atoms with Gasteiger partial charge in [0.25, 0.3) is 0 Å². The molecule has 25 heavy (non-hydrogen) atoms. The van der Waals surface area contributed by atoms with Crippen LogP contribution < -0.4 is 10.1 Å². The smallest absolute Gasteiger partial charge is 0.416 e. The van der Waals surface area contributed by atoms with Crippen LogP contribution in [0.5, 0.6) is 5.75 Å². The number of carbonyl (C=O) groups is 1. The second kappa shape index (κ2) is 6.78. The summed E-state index contributed by atoms with van der Waals surface area (Å²) in [6.07, 6.45) is -3.85. The number of fused-ring (bicyclic) bond motifs is 1. The molecule has 2 atom stereocenters. The Morgan fingerprint density at radius 3 is 2.72 bits per heavy atom. The van der Waals surface area contributed by atoms with E-state index in [1.54, 1.807) is 13.0 Å². The zero-order valence-corrected chi connectivity index (χ0v) is 13.6. The molecule has 0 saturated carbocycles. The van der Waals surface area contributed by atoms with Crippen LogP contribution in [0.4, 0.5) is 13.2 Å². The van der Waals surface area contributed by atoms with E-state index in [1.165, 1.54) is 6.07 Å². The minimum Gasteiger partial charge on any atom is -0.492 e. The van der Waals surface area contributed by atoms with E-state index in [1.807, 2.05) is 24.3 Å². The van der Waals surface area contributed by atoms with Gasteiger partial charge in [-0.1, -0.05) is 30.3 Å². The number of amides is 1. The first-order chi connectivity index (χ1) is 11.8. The van der Waals surface area contributed by atoms with Gasteiger partial charge < -0.3 is 10.1 Å². The van der Waals surface area contributed by atoms with E-state index in [9.17, 15) is 18.0 Å². The molecule has 2 aromatic rings. The van der Waals surface area contributed by atoms with Crippen LogP contribution in [0.3, 0.4) is 0 Å². The Balaban J connectivity index is 1.67. The van der Waals surface area contributed by atoms with Crippen LogP contribution in [0.15, 0.2) is 48.5 Å². The number of hydrogen-bond donors (Lipinski definition) is 1. The van der Waals surface area contributed by atoms with E-state index in [-0.39, 0.29) is 18.4 Å². The third-order valence-corrected chi connectivity index (χ3v) is 4.32. The van der Waals surface area contributed by atoms with Crippen LogP contribution in [0.25, 0.3) is 0 Å². The van der Waals surface area contributed by atoms with Crippen LogP contribution >= 0.6 is 0 Å². The Morgan fingerprint density at radius 2 is 1.96 bits per heavy atom. The first-order valence-electron chi connectivity index (χ1n) is 8.03. The first-order valence-corrected chi connectivity index (χ1v) is 8.03. The summed E-state index contributed by atoms with van der Waals surface area (Å²) in [6.45, 7) is 1.93. The van der Waals surface area contributed by atoms with E-state index in [0.717, 1.165) is 23.4 Å². The maximum absolute atomic E-state index is 12.8. The monoisotopic (exact) mass is 349 g/mol. The van der Waals surface area contributed by atoms with Gasteiger partial charge in [-0.05, 0) is 42.7 Å². The zero-order valence-electron chi connectivity index (χ0n) is 13.6. The molecule has 132 valence electrons. The maximum Gasteiger partial charge on any atom is 0.416 e. The molecule has 2 unspecified atom stereocenters. The number of para-hydroxylation sites is 1. The molecular weight excluding hydrogens is 331 g/mol. The normalized spacial score (nSPS) is 18.0. The molecule has 2 aromatic carbocycles. The van der Waals surface area contributed by atoms with Gasteiger partial charge in [0.15, 0.2) is 0 Å². The summed E-state index contributed by atoms with van der Waals surface area (Å²) in [7, 11) is 0. The molecule has 0 aromatic heterocycles. The summed E-state index contributed by atoms with van der Waals surface area (Å²) < 4.78 is 44.1. The van der Waals surface area contributed by atoms with Crippen LogP contribution in [0.2, 0.25) is 0 Å². The van der Waals surface area contributed by atoms with Crippen LogP contribution in [-0.2, 0) is 17.4 Å². The van der Waals surface area contributed by atoms with Gasteiger partial charge in [0, 0.05) is 0 Å². The summed E-state index contributed by atoms with van der Waals surface area (Å²) >= 11 is 0. The molecule has 3 nitrogen and oxygen atoms in total. The predicted octanol–water partition coefficient (Wildman–Crippen LogP) is 4.13. The number of carbonyl (C=O) groups excluding carboxylic acids is 1. The van der Waals surface area contributed by atoms with E-state index >= 15 is 0 Å². The molecule has 1 aliphatic heterocycles. The molecule has 3 rings (SSSR count). The fourth-order valence-corrected chi connectivity index (χ4v) is 2.90. The number of ether oxygens (including phenoxy) is 1. The molecule has 1 heterocycles. The molecule has 1 aliphatic rings. The van der Waals surface area contributed by atoms with Gasteiger partial charge in [-0.25, -0.2) is 0 Å². The van der Waals surface area contributed by atoms with Crippen molar-refractivity contribution in [2.45, 2.75) is 25.6 Å². The topological polar surface area (TPSA) is 38.3 Å². The molecule has 6 heteroatoms. The fraction of sp³-hybridized carbons (Fsp3) is 0.316.